The second-order valence-corrected chi connectivity index (χ2v) is 6.68. The van der Waals surface area contributed by atoms with Crippen LogP contribution in [0.1, 0.15) is 38.2 Å². The van der Waals surface area contributed by atoms with E-state index in [-0.39, 0.29) is 6.04 Å². The topological polar surface area (TPSA) is 52.7 Å². The van der Waals surface area contributed by atoms with E-state index in [9.17, 15) is 9.59 Å². The number of nitrogens with zero attached hydrogens (tertiary/aromatic N) is 2. The molecule has 2 rings (SSSR count). The van der Waals surface area contributed by atoms with Gasteiger partial charge in [0.1, 0.15) is 0 Å². The first-order chi connectivity index (χ1) is 10.9. The molecule has 1 heterocycles. The number of anilines is 1. The van der Waals surface area contributed by atoms with Crippen LogP contribution >= 0.6 is 0 Å². The summed E-state index contributed by atoms with van der Waals surface area (Å²) in [6, 6.07) is 7.79. The van der Waals surface area contributed by atoms with Crippen LogP contribution in [0.25, 0.3) is 0 Å². The maximum atomic E-state index is 12.3. The van der Waals surface area contributed by atoms with Crippen molar-refractivity contribution in [3.63, 3.8) is 0 Å². The van der Waals surface area contributed by atoms with Crippen LogP contribution in [0.4, 0.5) is 5.69 Å². The van der Waals surface area contributed by atoms with Gasteiger partial charge in [0.2, 0.25) is 0 Å². The average molecular weight is 317 g/mol. The molecule has 0 aromatic heterocycles. The minimum atomic E-state index is -0.566. The van der Waals surface area contributed by atoms with E-state index in [4.69, 9.17) is 0 Å². The van der Waals surface area contributed by atoms with E-state index < -0.39 is 11.8 Å². The lowest BCUT2D eigenvalue weighted by Crippen LogP contribution is -2.47. The van der Waals surface area contributed by atoms with Gasteiger partial charge in [-0.15, -0.1) is 0 Å². The molecule has 0 atom stereocenters. The molecule has 1 aliphatic rings. The Morgan fingerprint density at radius 1 is 1.17 bits per heavy atom. The highest BCUT2D eigenvalue weighted by Crippen LogP contribution is 2.18. The summed E-state index contributed by atoms with van der Waals surface area (Å²) in [5.74, 6) is -0.590. The molecule has 1 fully saturated rings. The van der Waals surface area contributed by atoms with Crippen LogP contribution in [-0.4, -0.2) is 54.8 Å². The number of likely N-dealkylation sites (tertiary alicyclic amines) is 1. The third kappa shape index (κ3) is 4.55. The number of carbonyl (C=O) groups excluding carboxylic acids is 2. The van der Waals surface area contributed by atoms with Gasteiger partial charge in [-0.25, -0.2) is 0 Å². The van der Waals surface area contributed by atoms with E-state index in [1.165, 1.54) is 5.56 Å². The summed E-state index contributed by atoms with van der Waals surface area (Å²) in [5, 5.41) is 2.70. The number of piperidine rings is 1. The summed E-state index contributed by atoms with van der Waals surface area (Å²) in [6.45, 7) is 6.16. The number of benzene rings is 1. The maximum Gasteiger partial charge on any atom is 0.313 e. The normalized spacial score (nSPS) is 16.4. The molecule has 1 aromatic rings. The van der Waals surface area contributed by atoms with Crippen LogP contribution < -0.4 is 5.32 Å². The summed E-state index contributed by atoms with van der Waals surface area (Å²) in [6.07, 6.45) is 1.82. The molecule has 1 aliphatic heterocycles. The Balaban J connectivity index is 1.92. The summed E-state index contributed by atoms with van der Waals surface area (Å²) in [5.41, 5.74) is 1.86. The largest absolute Gasteiger partial charge is 0.334 e. The molecule has 126 valence electrons. The number of nitrogens with one attached hydrogen (secondary N) is 1. The van der Waals surface area contributed by atoms with Crippen molar-refractivity contribution < 1.29 is 9.59 Å². The van der Waals surface area contributed by atoms with E-state index in [0.717, 1.165) is 25.9 Å². The Labute approximate surface area is 138 Å². The fourth-order valence-corrected chi connectivity index (χ4v) is 2.84. The number of carbonyl (C=O) groups is 2. The summed E-state index contributed by atoms with van der Waals surface area (Å²) < 4.78 is 0. The van der Waals surface area contributed by atoms with E-state index in [1.807, 2.05) is 24.3 Å². The van der Waals surface area contributed by atoms with Gasteiger partial charge in [0.05, 0.1) is 0 Å². The molecule has 0 bridgehead atoms. The fourth-order valence-electron chi connectivity index (χ4n) is 2.84. The lowest BCUT2D eigenvalue weighted by molar-refractivity contribution is -0.144. The highest BCUT2D eigenvalue weighted by Gasteiger charge is 2.27. The van der Waals surface area contributed by atoms with Gasteiger partial charge < -0.3 is 15.1 Å². The Kier molecular flexibility index (Phi) is 5.77. The zero-order valence-corrected chi connectivity index (χ0v) is 14.5. The van der Waals surface area contributed by atoms with Gasteiger partial charge in [0.15, 0.2) is 0 Å². The Hall–Kier alpha value is -1.88. The standard InChI is InChI=1S/C18H27N3O2/c1-13(2)14-5-7-15(8-6-14)19-17(22)18(23)21(4)16-9-11-20(3)12-10-16/h5-8,13,16H,9-12H2,1-4H3,(H,19,22). The van der Waals surface area contributed by atoms with Crippen molar-refractivity contribution in [1.29, 1.82) is 0 Å². The smallest absolute Gasteiger partial charge is 0.313 e. The van der Waals surface area contributed by atoms with Crippen molar-refractivity contribution in [1.82, 2.24) is 9.80 Å². The van der Waals surface area contributed by atoms with Gasteiger partial charge in [-0.05, 0) is 56.6 Å². The quantitative estimate of drug-likeness (QED) is 0.870. The highest BCUT2D eigenvalue weighted by molar-refractivity contribution is 6.39. The van der Waals surface area contributed by atoms with Crippen molar-refractivity contribution in [2.24, 2.45) is 0 Å². The van der Waals surface area contributed by atoms with Crippen LogP contribution in [-0.2, 0) is 9.59 Å². The van der Waals surface area contributed by atoms with Gasteiger partial charge in [-0.1, -0.05) is 26.0 Å². The number of hydrogen-bond acceptors (Lipinski definition) is 3. The molecule has 0 unspecified atom stereocenters. The van der Waals surface area contributed by atoms with Gasteiger partial charge in [-0.3, -0.25) is 9.59 Å². The van der Waals surface area contributed by atoms with E-state index in [0.29, 0.717) is 11.6 Å². The number of likely N-dealkylation sites (N-methyl/N-ethyl adjacent to an activating group) is 1. The minimum absolute atomic E-state index is 0.146. The third-order valence-electron chi connectivity index (χ3n) is 4.59. The molecule has 0 aliphatic carbocycles. The molecule has 0 saturated carbocycles. The maximum absolute atomic E-state index is 12.3. The van der Waals surface area contributed by atoms with E-state index >= 15 is 0 Å². The van der Waals surface area contributed by atoms with Crippen LogP contribution in [0.2, 0.25) is 0 Å². The minimum Gasteiger partial charge on any atom is -0.334 e. The number of rotatable bonds is 3. The fraction of sp³-hybridized carbons (Fsp3) is 0.556. The summed E-state index contributed by atoms with van der Waals surface area (Å²) in [7, 11) is 3.80. The van der Waals surface area contributed by atoms with Crippen molar-refractivity contribution in [2.45, 2.75) is 38.6 Å². The zero-order valence-electron chi connectivity index (χ0n) is 14.5. The van der Waals surface area contributed by atoms with Crippen LogP contribution in [0, 0.1) is 0 Å². The predicted octanol–water partition coefficient (Wildman–Crippen LogP) is 2.30. The highest BCUT2D eigenvalue weighted by atomic mass is 16.2. The summed E-state index contributed by atoms with van der Waals surface area (Å²) in [4.78, 5) is 28.3. The Bertz CT molecular complexity index is 546. The molecule has 1 N–H and O–H groups in total. The summed E-state index contributed by atoms with van der Waals surface area (Å²) >= 11 is 0. The van der Waals surface area contributed by atoms with Crippen molar-refractivity contribution in [3.8, 4) is 0 Å². The van der Waals surface area contributed by atoms with E-state index in [2.05, 4.69) is 31.1 Å². The van der Waals surface area contributed by atoms with Crippen molar-refractivity contribution in [3.05, 3.63) is 29.8 Å². The molecule has 0 spiro atoms. The zero-order chi connectivity index (χ0) is 17.0. The average Bonchev–Trinajstić information content (AvgIpc) is 2.54. The van der Waals surface area contributed by atoms with E-state index in [1.54, 1.807) is 11.9 Å². The molecule has 1 saturated heterocycles. The Morgan fingerprint density at radius 3 is 2.26 bits per heavy atom. The SMILES string of the molecule is CC(C)c1ccc(NC(=O)C(=O)N(C)C2CCN(C)CC2)cc1. The molecule has 5 nitrogen and oxygen atoms in total. The monoisotopic (exact) mass is 317 g/mol. The molecular weight excluding hydrogens is 290 g/mol. The van der Waals surface area contributed by atoms with Crippen LogP contribution in [0.15, 0.2) is 24.3 Å². The number of hydrogen-bond donors (Lipinski definition) is 1. The Morgan fingerprint density at radius 2 is 1.74 bits per heavy atom. The van der Waals surface area contributed by atoms with Gasteiger partial charge in [0.25, 0.3) is 0 Å². The van der Waals surface area contributed by atoms with Crippen LogP contribution in [0.5, 0.6) is 0 Å². The second kappa shape index (κ2) is 7.59. The molecule has 2 amide bonds. The van der Waals surface area contributed by atoms with Gasteiger partial charge in [0, 0.05) is 18.8 Å². The van der Waals surface area contributed by atoms with Crippen molar-refractivity contribution in [2.75, 3.05) is 32.5 Å². The molecular formula is C18H27N3O2. The van der Waals surface area contributed by atoms with Crippen molar-refractivity contribution >= 4 is 17.5 Å². The molecule has 23 heavy (non-hydrogen) atoms. The third-order valence-corrected chi connectivity index (χ3v) is 4.59. The molecule has 0 radical (unpaired) electrons. The molecule has 5 heteroatoms. The lowest BCUT2D eigenvalue weighted by atomic mass is 10.0. The van der Waals surface area contributed by atoms with Gasteiger partial charge >= 0.3 is 11.8 Å². The van der Waals surface area contributed by atoms with Crippen LogP contribution in [0.3, 0.4) is 0 Å². The number of amides is 2. The molecule has 1 aromatic carbocycles. The second-order valence-electron chi connectivity index (χ2n) is 6.68. The first-order valence-corrected chi connectivity index (χ1v) is 8.25. The predicted molar refractivity (Wildman–Crippen MR) is 92.4 cm³/mol. The lowest BCUT2D eigenvalue weighted by Gasteiger charge is -2.34. The van der Waals surface area contributed by atoms with Gasteiger partial charge in [-0.2, -0.15) is 0 Å². The first kappa shape index (κ1) is 17.5. The first-order valence-electron chi connectivity index (χ1n) is 8.25.